The van der Waals surface area contributed by atoms with Gasteiger partial charge < -0.3 is 10.5 Å². The van der Waals surface area contributed by atoms with Gasteiger partial charge in [0.1, 0.15) is 5.60 Å². The molecule has 0 spiro atoms. The lowest BCUT2D eigenvalue weighted by atomic mass is 10.1. The summed E-state index contributed by atoms with van der Waals surface area (Å²) >= 11 is 0. The zero-order valence-corrected chi connectivity index (χ0v) is 11.3. The van der Waals surface area contributed by atoms with Gasteiger partial charge in [-0.15, -0.1) is 0 Å². The van der Waals surface area contributed by atoms with Crippen LogP contribution in [0.1, 0.15) is 20.8 Å². The monoisotopic (exact) mass is 259 g/mol. The van der Waals surface area contributed by atoms with Crippen molar-refractivity contribution in [2.45, 2.75) is 26.4 Å². The summed E-state index contributed by atoms with van der Waals surface area (Å²) in [5.74, 6) is 0. The Bertz CT molecular complexity index is 597. The van der Waals surface area contributed by atoms with E-state index in [9.17, 15) is 4.79 Å². The average molecular weight is 259 g/mol. The zero-order chi connectivity index (χ0) is 14.0. The molecule has 0 fully saturated rings. The lowest BCUT2D eigenvalue weighted by molar-refractivity contribution is 0.0518. The number of nitrogen functional groups attached to an aromatic ring is 1. The molecule has 2 rings (SSSR count). The maximum atomic E-state index is 12.1. The van der Waals surface area contributed by atoms with E-state index in [0.717, 1.165) is 5.56 Å². The highest BCUT2D eigenvalue weighted by Gasteiger charge is 2.21. The van der Waals surface area contributed by atoms with E-state index in [-0.39, 0.29) is 0 Å². The van der Waals surface area contributed by atoms with Crippen molar-refractivity contribution in [3.05, 3.63) is 36.5 Å². The molecule has 0 bridgehead atoms. The first-order valence-corrected chi connectivity index (χ1v) is 6.01. The smallest absolute Gasteiger partial charge is 0.435 e. The van der Waals surface area contributed by atoms with E-state index in [2.05, 4.69) is 5.10 Å². The van der Waals surface area contributed by atoms with Gasteiger partial charge in [0.2, 0.25) is 0 Å². The van der Waals surface area contributed by atoms with Crippen LogP contribution in [0, 0.1) is 0 Å². The van der Waals surface area contributed by atoms with Crippen LogP contribution in [0.4, 0.5) is 10.5 Å². The van der Waals surface area contributed by atoms with Gasteiger partial charge in [-0.05, 0) is 32.9 Å². The van der Waals surface area contributed by atoms with Crippen LogP contribution < -0.4 is 5.73 Å². The molecule has 5 nitrogen and oxygen atoms in total. The summed E-state index contributed by atoms with van der Waals surface area (Å²) in [7, 11) is 0. The van der Waals surface area contributed by atoms with Crippen LogP contribution in [0.15, 0.2) is 36.5 Å². The van der Waals surface area contributed by atoms with Gasteiger partial charge in [-0.25, -0.2) is 4.79 Å². The van der Waals surface area contributed by atoms with Gasteiger partial charge in [0.15, 0.2) is 0 Å². The summed E-state index contributed by atoms with van der Waals surface area (Å²) in [6, 6.07) is 9.05. The lowest BCUT2D eigenvalue weighted by Gasteiger charge is -2.19. The summed E-state index contributed by atoms with van der Waals surface area (Å²) in [6.07, 6.45) is 1.03. The maximum absolute atomic E-state index is 12.1. The van der Waals surface area contributed by atoms with E-state index < -0.39 is 11.7 Å². The Labute approximate surface area is 112 Å². The first-order valence-electron chi connectivity index (χ1n) is 6.01. The Morgan fingerprint density at radius 1 is 1.26 bits per heavy atom. The predicted octanol–water partition coefficient (Wildman–Crippen LogP) is 2.92. The number of carbonyl (C=O) groups is 1. The summed E-state index contributed by atoms with van der Waals surface area (Å²) in [6.45, 7) is 5.43. The first-order chi connectivity index (χ1) is 8.88. The number of nitrogens with two attached hydrogens (primary N) is 1. The van der Waals surface area contributed by atoms with E-state index in [4.69, 9.17) is 10.5 Å². The summed E-state index contributed by atoms with van der Waals surface area (Å²) < 4.78 is 6.52. The van der Waals surface area contributed by atoms with Gasteiger partial charge >= 0.3 is 6.09 Å². The van der Waals surface area contributed by atoms with Crippen molar-refractivity contribution in [3.63, 3.8) is 0 Å². The number of benzene rings is 1. The zero-order valence-electron chi connectivity index (χ0n) is 11.3. The first kappa shape index (κ1) is 13.1. The van der Waals surface area contributed by atoms with E-state index in [0.29, 0.717) is 11.4 Å². The molecule has 0 atom stereocenters. The van der Waals surface area contributed by atoms with Crippen molar-refractivity contribution in [2.75, 3.05) is 5.73 Å². The number of anilines is 1. The third-order valence-corrected chi connectivity index (χ3v) is 2.45. The van der Waals surface area contributed by atoms with Crippen LogP contribution in [0.3, 0.4) is 0 Å². The van der Waals surface area contributed by atoms with Crippen molar-refractivity contribution >= 4 is 11.8 Å². The fourth-order valence-electron chi connectivity index (χ4n) is 1.69. The molecular weight excluding hydrogens is 242 g/mol. The molecule has 1 heterocycles. The number of hydrogen-bond acceptors (Lipinski definition) is 4. The number of hydrogen-bond donors (Lipinski definition) is 1. The highest BCUT2D eigenvalue weighted by atomic mass is 16.6. The molecule has 100 valence electrons. The summed E-state index contributed by atoms with van der Waals surface area (Å²) in [5.41, 5.74) is 7.31. The molecule has 1 aromatic heterocycles. The predicted molar refractivity (Wildman–Crippen MR) is 73.7 cm³/mol. The minimum absolute atomic E-state index is 0.518. The van der Waals surface area contributed by atoms with E-state index in [1.165, 1.54) is 4.68 Å². The molecular formula is C14H17N3O2. The average Bonchev–Trinajstić information content (AvgIpc) is 2.76. The Morgan fingerprint density at radius 3 is 2.58 bits per heavy atom. The van der Waals surface area contributed by atoms with Crippen molar-refractivity contribution in [3.8, 4) is 11.3 Å². The molecule has 0 aliphatic heterocycles. The molecule has 5 heteroatoms. The van der Waals surface area contributed by atoms with Crippen molar-refractivity contribution in [1.82, 2.24) is 9.78 Å². The molecule has 0 saturated carbocycles. The third-order valence-electron chi connectivity index (χ3n) is 2.45. The molecule has 0 saturated heterocycles. The summed E-state index contributed by atoms with van der Waals surface area (Å²) in [5, 5.41) is 4.00. The SMILES string of the molecule is CC(C)(C)OC(=O)n1nccc1-c1ccccc1N. The fourth-order valence-corrected chi connectivity index (χ4v) is 1.69. The number of para-hydroxylation sites is 1. The Balaban J connectivity index is 2.39. The van der Waals surface area contributed by atoms with Crippen LogP contribution in [-0.4, -0.2) is 21.5 Å². The molecule has 2 aromatic rings. The lowest BCUT2D eigenvalue weighted by Crippen LogP contribution is -2.28. The van der Waals surface area contributed by atoms with Crippen molar-refractivity contribution in [1.29, 1.82) is 0 Å². The molecule has 19 heavy (non-hydrogen) atoms. The topological polar surface area (TPSA) is 70.1 Å². The highest BCUT2D eigenvalue weighted by Crippen LogP contribution is 2.25. The maximum Gasteiger partial charge on any atom is 0.435 e. The number of carbonyl (C=O) groups excluding carboxylic acids is 1. The highest BCUT2D eigenvalue weighted by molar-refractivity contribution is 5.81. The Morgan fingerprint density at radius 2 is 1.95 bits per heavy atom. The number of rotatable bonds is 1. The number of ether oxygens (including phenoxy) is 1. The van der Waals surface area contributed by atoms with Crippen LogP contribution >= 0.6 is 0 Å². The molecule has 0 amide bonds. The quantitative estimate of drug-likeness (QED) is 0.799. The normalized spacial score (nSPS) is 11.3. The van der Waals surface area contributed by atoms with Gasteiger partial charge in [0, 0.05) is 11.3 Å². The van der Waals surface area contributed by atoms with E-state index in [1.54, 1.807) is 18.3 Å². The summed E-state index contributed by atoms with van der Waals surface area (Å²) in [4.78, 5) is 12.1. The van der Waals surface area contributed by atoms with Crippen LogP contribution in [0.2, 0.25) is 0 Å². The van der Waals surface area contributed by atoms with Gasteiger partial charge in [-0.3, -0.25) is 0 Å². The molecule has 0 aliphatic carbocycles. The van der Waals surface area contributed by atoms with Gasteiger partial charge in [-0.1, -0.05) is 18.2 Å². The second kappa shape index (κ2) is 4.76. The second-order valence-electron chi connectivity index (χ2n) is 5.20. The second-order valence-corrected chi connectivity index (χ2v) is 5.20. The largest absolute Gasteiger partial charge is 0.442 e. The van der Waals surface area contributed by atoms with Crippen LogP contribution in [0.5, 0.6) is 0 Å². The van der Waals surface area contributed by atoms with Crippen LogP contribution in [0.25, 0.3) is 11.3 Å². The van der Waals surface area contributed by atoms with Crippen molar-refractivity contribution in [2.24, 2.45) is 0 Å². The Hall–Kier alpha value is -2.30. The molecule has 1 aromatic carbocycles. The number of aromatic nitrogens is 2. The molecule has 0 radical (unpaired) electrons. The minimum atomic E-state index is -0.567. The van der Waals surface area contributed by atoms with Crippen LogP contribution in [-0.2, 0) is 4.74 Å². The molecule has 2 N–H and O–H groups in total. The Kier molecular flexibility index (Phi) is 3.29. The van der Waals surface area contributed by atoms with Gasteiger partial charge in [-0.2, -0.15) is 9.78 Å². The molecule has 0 aliphatic rings. The minimum Gasteiger partial charge on any atom is -0.442 e. The third kappa shape index (κ3) is 2.93. The molecule has 0 unspecified atom stereocenters. The van der Waals surface area contributed by atoms with E-state index >= 15 is 0 Å². The standard InChI is InChI=1S/C14H17N3O2/c1-14(2,3)19-13(18)17-12(8-9-16-17)10-6-4-5-7-11(10)15/h4-9H,15H2,1-3H3. The van der Waals surface area contributed by atoms with Crippen molar-refractivity contribution < 1.29 is 9.53 Å². The van der Waals surface area contributed by atoms with Gasteiger partial charge in [0.25, 0.3) is 0 Å². The fraction of sp³-hybridized carbons (Fsp3) is 0.286. The van der Waals surface area contributed by atoms with Gasteiger partial charge in [0.05, 0.1) is 11.9 Å². The number of nitrogens with zero attached hydrogens (tertiary/aromatic N) is 2. The van der Waals surface area contributed by atoms with E-state index in [1.807, 2.05) is 39.0 Å².